The summed E-state index contributed by atoms with van der Waals surface area (Å²) in [6.07, 6.45) is 0.451. The molecule has 3 atom stereocenters. The van der Waals surface area contributed by atoms with Crippen LogP contribution < -0.4 is 10.6 Å². The fourth-order valence-electron chi connectivity index (χ4n) is 2.00. The molecule has 8 nitrogen and oxygen atoms in total. The third-order valence-corrected chi connectivity index (χ3v) is 3.31. The molecule has 8 heteroatoms. The zero-order valence-electron chi connectivity index (χ0n) is 11.3. The maximum absolute atomic E-state index is 11.6. The van der Waals surface area contributed by atoms with Gasteiger partial charge in [-0.2, -0.15) is 0 Å². The van der Waals surface area contributed by atoms with Crippen molar-refractivity contribution in [2.45, 2.75) is 38.3 Å². The lowest BCUT2D eigenvalue weighted by atomic mass is 10.0. The second-order valence-electron chi connectivity index (χ2n) is 4.80. The number of urea groups is 1. The topological polar surface area (TPSA) is 125 Å². The summed E-state index contributed by atoms with van der Waals surface area (Å²) >= 11 is 0. The molecule has 0 aromatic carbocycles. The van der Waals surface area contributed by atoms with Crippen LogP contribution in [0.2, 0.25) is 0 Å². The van der Waals surface area contributed by atoms with Gasteiger partial charge in [0.2, 0.25) is 0 Å². The zero-order valence-corrected chi connectivity index (χ0v) is 11.3. The van der Waals surface area contributed by atoms with E-state index in [0.717, 1.165) is 6.42 Å². The molecule has 1 aliphatic rings. The summed E-state index contributed by atoms with van der Waals surface area (Å²) in [5.74, 6) is -2.14. The highest BCUT2D eigenvalue weighted by atomic mass is 16.5. The number of carbonyl (C=O) groups is 3. The molecule has 0 aromatic heterocycles. The molecule has 1 aliphatic heterocycles. The number of aliphatic carboxylic acids is 2. The lowest BCUT2D eigenvalue weighted by Crippen LogP contribution is -2.47. The number of amides is 2. The highest BCUT2D eigenvalue weighted by Gasteiger charge is 2.25. The van der Waals surface area contributed by atoms with E-state index in [-0.39, 0.29) is 24.9 Å². The lowest BCUT2D eigenvalue weighted by Gasteiger charge is -2.17. The molecule has 0 aromatic rings. The highest BCUT2D eigenvalue weighted by Crippen LogP contribution is 2.19. The number of carboxylic acids is 2. The van der Waals surface area contributed by atoms with Gasteiger partial charge in [-0.15, -0.1) is 0 Å². The number of nitrogens with one attached hydrogen (secondary N) is 2. The van der Waals surface area contributed by atoms with Crippen LogP contribution in [0.15, 0.2) is 0 Å². The van der Waals surface area contributed by atoms with Crippen LogP contribution in [0.5, 0.6) is 0 Å². The Labute approximate surface area is 116 Å². The van der Waals surface area contributed by atoms with Crippen molar-refractivity contribution >= 4 is 18.0 Å². The zero-order chi connectivity index (χ0) is 15.1. The van der Waals surface area contributed by atoms with Gasteiger partial charge in [0.25, 0.3) is 0 Å². The fourth-order valence-corrected chi connectivity index (χ4v) is 2.00. The van der Waals surface area contributed by atoms with Gasteiger partial charge in [0.15, 0.2) is 0 Å². The van der Waals surface area contributed by atoms with E-state index in [0.29, 0.717) is 13.2 Å². The van der Waals surface area contributed by atoms with Crippen molar-refractivity contribution in [1.29, 1.82) is 0 Å². The summed E-state index contributed by atoms with van der Waals surface area (Å²) in [4.78, 5) is 32.9. The number of ether oxygens (including phenoxy) is 1. The van der Waals surface area contributed by atoms with E-state index in [4.69, 9.17) is 14.9 Å². The Bertz CT molecular complexity index is 373. The molecule has 0 aliphatic carbocycles. The number of carboxylic acid groups (broad SMARTS) is 2. The van der Waals surface area contributed by atoms with Crippen molar-refractivity contribution in [2.75, 3.05) is 13.2 Å². The first-order chi connectivity index (χ1) is 9.40. The number of carbonyl (C=O) groups excluding carboxylic acids is 1. The van der Waals surface area contributed by atoms with E-state index in [1.165, 1.54) is 0 Å². The smallest absolute Gasteiger partial charge is 0.326 e. The second kappa shape index (κ2) is 7.68. The Balaban J connectivity index is 2.33. The minimum absolute atomic E-state index is 0.0672. The molecule has 0 bridgehead atoms. The van der Waals surface area contributed by atoms with E-state index in [1.54, 1.807) is 0 Å². The van der Waals surface area contributed by atoms with Crippen LogP contribution in [-0.4, -0.2) is 53.5 Å². The Morgan fingerprint density at radius 1 is 1.35 bits per heavy atom. The van der Waals surface area contributed by atoms with Crippen LogP contribution in [0.1, 0.15) is 26.2 Å². The van der Waals surface area contributed by atoms with Crippen LogP contribution in [0.25, 0.3) is 0 Å². The third kappa shape index (κ3) is 5.43. The summed E-state index contributed by atoms with van der Waals surface area (Å²) in [5, 5.41) is 22.3. The number of hydrogen-bond donors (Lipinski definition) is 4. The van der Waals surface area contributed by atoms with Crippen molar-refractivity contribution in [3.63, 3.8) is 0 Å². The molecule has 0 radical (unpaired) electrons. The summed E-state index contributed by atoms with van der Waals surface area (Å²) in [6, 6.07) is -1.81. The molecule has 0 saturated carbocycles. The monoisotopic (exact) mass is 288 g/mol. The van der Waals surface area contributed by atoms with Crippen molar-refractivity contribution in [1.82, 2.24) is 10.6 Å². The maximum atomic E-state index is 11.6. The molecule has 2 amide bonds. The molecule has 1 heterocycles. The Hall–Kier alpha value is -1.83. The van der Waals surface area contributed by atoms with Gasteiger partial charge in [-0.1, -0.05) is 0 Å². The predicted octanol–water partition coefficient (Wildman–Crippen LogP) is 0.0286. The maximum Gasteiger partial charge on any atom is 0.326 e. The van der Waals surface area contributed by atoms with Gasteiger partial charge in [0, 0.05) is 25.5 Å². The normalized spacial score (nSPS) is 23.1. The quantitative estimate of drug-likeness (QED) is 0.523. The lowest BCUT2D eigenvalue weighted by molar-refractivity contribution is -0.140. The van der Waals surface area contributed by atoms with Crippen LogP contribution in [-0.2, 0) is 14.3 Å². The van der Waals surface area contributed by atoms with Crippen LogP contribution in [0.4, 0.5) is 4.79 Å². The van der Waals surface area contributed by atoms with Gasteiger partial charge >= 0.3 is 18.0 Å². The molecule has 20 heavy (non-hydrogen) atoms. The van der Waals surface area contributed by atoms with Gasteiger partial charge in [-0.3, -0.25) is 4.79 Å². The van der Waals surface area contributed by atoms with Crippen LogP contribution in [0.3, 0.4) is 0 Å². The first-order valence-corrected chi connectivity index (χ1v) is 6.50. The average molecular weight is 288 g/mol. The van der Waals surface area contributed by atoms with Crippen molar-refractivity contribution in [2.24, 2.45) is 5.92 Å². The molecule has 0 spiro atoms. The summed E-state index contributed by atoms with van der Waals surface area (Å²) in [5.41, 5.74) is 0. The number of hydrogen-bond acceptors (Lipinski definition) is 4. The van der Waals surface area contributed by atoms with Crippen LogP contribution in [0, 0.1) is 5.92 Å². The molecule has 1 saturated heterocycles. The van der Waals surface area contributed by atoms with E-state index >= 15 is 0 Å². The molecule has 4 N–H and O–H groups in total. The van der Waals surface area contributed by atoms with Gasteiger partial charge in [-0.25, -0.2) is 9.59 Å². The first kappa shape index (κ1) is 16.2. The number of rotatable bonds is 7. The standard InChI is InChI=1S/C12H20N2O6/c1-7-8(4-5-20-7)6-13-12(19)14-9(11(17)18)2-3-10(15)16/h7-9H,2-6H2,1H3,(H,15,16)(H,17,18)(H2,13,14,19). The van der Waals surface area contributed by atoms with E-state index < -0.39 is 24.0 Å². The average Bonchev–Trinajstić information content (AvgIpc) is 2.77. The van der Waals surface area contributed by atoms with Crippen LogP contribution >= 0.6 is 0 Å². The van der Waals surface area contributed by atoms with Gasteiger partial charge in [0.1, 0.15) is 6.04 Å². The van der Waals surface area contributed by atoms with Crippen molar-refractivity contribution in [3.8, 4) is 0 Å². The third-order valence-electron chi connectivity index (χ3n) is 3.31. The second-order valence-corrected chi connectivity index (χ2v) is 4.80. The first-order valence-electron chi connectivity index (χ1n) is 6.50. The molecule has 1 fully saturated rings. The van der Waals surface area contributed by atoms with E-state index in [9.17, 15) is 14.4 Å². The summed E-state index contributed by atoms with van der Waals surface area (Å²) < 4.78 is 5.35. The van der Waals surface area contributed by atoms with E-state index in [2.05, 4.69) is 10.6 Å². The van der Waals surface area contributed by atoms with Gasteiger partial charge < -0.3 is 25.6 Å². The molecule has 1 rings (SSSR count). The molecule has 3 unspecified atom stereocenters. The minimum atomic E-state index is -1.25. The Morgan fingerprint density at radius 2 is 2.05 bits per heavy atom. The molecule has 114 valence electrons. The SMILES string of the molecule is CC1OCCC1CNC(=O)NC(CCC(=O)O)C(=O)O. The van der Waals surface area contributed by atoms with Gasteiger partial charge in [0.05, 0.1) is 6.10 Å². The van der Waals surface area contributed by atoms with Crippen molar-refractivity contribution < 1.29 is 29.3 Å². The Kier molecular flexibility index (Phi) is 6.23. The van der Waals surface area contributed by atoms with Gasteiger partial charge in [-0.05, 0) is 19.8 Å². The van der Waals surface area contributed by atoms with Crippen molar-refractivity contribution in [3.05, 3.63) is 0 Å². The summed E-state index contributed by atoms with van der Waals surface area (Å²) in [7, 11) is 0. The Morgan fingerprint density at radius 3 is 2.55 bits per heavy atom. The molecular formula is C12H20N2O6. The fraction of sp³-hybridized carbons (Fsp3) is 0.750. The predicted molar refractivity (Wildman–Crippen MR) is 68.3 cm³/mol. The van der Waals surface area contributed by atoms with E-state index in [1.807, 2.05) is 6.92 Å². The highest BCUT2D eigenvalue weighted by molar-refractivity contribution is 5.82. The minimum Gasteiger partial charge on any atom is -0.481 e. The summed E-state index contributed by atoms with van der Waals surface area (Å²) in [6.45, 7) is 2.98. The largest absolute Gasteiger partial charge is 0.481 e. The molecular weight excluding hydrogens is 268 g/mol.